The topological polar surface area (TPSA) is 49.3 Å². The molecule has 1 saturated carbocycles. The van der Waals surface area contributed by atoms with Crippen molar-refractivity contribution in [2.45, 2.75) is 39.7 Å². The van der Waals surface area contributed by atoms with Crippen molar-refractivity contribution in [2.24, 2.45) is 5.92 Å². The zero-order valence-corrected chi connectivity index (χ0v) is 11.3. The van der Waals surface area contributed by atoms with Gasteiger partial charge in [0.25, 0.3) is 0 Å². The van der Waals surface area contributed by atoms with Crippen molar-refractivity contribution >= 4 is 5.97 Å². The lowest BCUT2D eigenvalue weighted by molar-refractivity contribution is -0.139. The molecule has 0 radical (unpaired) electrons. The first-order valence-electron chi connectivity index (χ1n) is 6.53. The minimum absolute atomic E-state index is 0.578. The van der Waals surface area contributed by atoms with Gasteiger partial charge in [0, 0.05) is 0 Å². The molecule has 2 rings (SSSR count). The molecule has 98 valence electrons. The molecule has 0 saturated heterocycles. The van der Waals surface area contributed by atoms with E-state index in [9.17, 15) is 9.90 Å². The van der Waals surface area contributed by atoms with Gasteiger partial charge in [-0.05, 0) is 62.8 Å². The predicted molar refractivity (Wildman–Crippen MR) is 71.8 cm³/mol. The molecule has 1 unspecified atom stereocenters. The van der Waals surface area contributed by atoms with E-state index in [1.54, 1.807) is 0 Å². The van der Waals surface area contributed by atoms with Crippen LogP contribution in [-0.4, -0.2) is 17.6 Å². The molecule has 18 heavy (non-hydrogen) atoms. The maximum atomic E-state index is 11.5. The zero-order valence-electron chi connectivity index (χ0n) is 11.3. The van der Waals surface area contributed by atoms with Gasteiger partial charge in [-0.15, -0.1) is 0 Å². The predicted octanol–water partition coefficient (Wildman–Crippen LogP) is 2.74. The molecular weight excluding hydrogens is 226 g/mol. The van der Waals surface area contributed by atoms with E-state index in [4.69, 9.17) is 0 Å². The van der Waals surface area contributed by atoms with Crippen LogP contribution in [0.2, 0.25) is 0 Å². The average Bonchev–Trinajstić information content (AvgIpc) is 3.04. The van der Waals surface area contributed by atoms with Gasteiger partial charge in [-0.1, -0.05) is 17.7 Å². The molecule has 0 amide bonds. The zero-order chi connectivity index (χ0) is 13.3. The maximum absolute atomic E-state index is 11.5. The molecule has 0 spiro atoms. The fraction of sp³-hybridized carbons (Fsp3) is 0.533. The largest absolute Gasteiger partial charge is 0.480 e. The van der Waals surface area contributed by atoms with Gasteiger partial charge in [-0.2, -0.15) is 0 Å². The number of aliphatic carboxylic acids is 1. The van der Waals surface area contributed by atoms with Crippen LogP contribution in [0.4, 0.5) is 0 Å². The van der Waals surface area contributed by atoms with Crippen molar-refractivity contribution in [3.05, 3.63) is 34.4 Å². The Bertz CT molecular complexity index is 441. The molecule has 3 heteroatoms. The molecule has 0 aliphatic heterocycles. The van der Waals surface area contributed by atoms with Gasteiger partial charge in [-0.3, -0.25) is 4.79 Å². The SMILES string of the molecule is Cc1cc(C)c(C(NCC2CC2)C(=O)O)c(C)c1. The monoisotopic (exact) mass is 247 g/mol. The number of nitrogens with one attached hydrogen (secondary N) is 1. The van der Waals surface area contributed by atoms with Crippen molar-refractivity contribution in [3.63, 3.8) is 0 Å². The summed E-state index contributed by atoms with van der Waals surface area (Å²) in [6.07, 6.45) is 2.45. The highest BCUT2D eigenvalue weighted by Gasteiger charge is 2.27. The highest BCUT2D eigenvalue weighted by Crippen LogP contribution is 2.30. The Morgan fingerprint density at radius 1 is 1.33 bits per heavy atom. The van der Waals surface area contributed by atoms with Gasteiger partial charge in [0.05, 0.1) is 0 Å². The van der Waals surface area contributed by atoms with Crippen LogP contribution in [0.25, 0.3) is 0 Å². The van der Waals surface area contributed by atoms with Gasteiger partial charge in [0.1, 0.15) is 6.04 Å². The Labute approximate surface area is 108 Å². The van der Waals surface area contributed by atoms with Crippen molar-refractivity contribution < 1.29 is 9.90 Å². The molecule has 0 bridgehead atoms. The third-order valence-electron chi connectivity index (χ3n) is 3.58. The minimum Gasteiger partial charge on any atom is -0.480 e. The van der Waals surface area contributed by atoms with E-state index in [1.165, 1.54) is 18.4 Å². The van der Waals surface area contributed by atoms with E-state index in [2.05, 4.69) is 17.4 Å². The van der Waals surface area contributed by atoms with Gasteiger partial charge in [0.2, 0.25) is 0 Å². The van der Waals surface area contributed by atoms with Crippen LogP contribution >= 0.6 is 0 Å². The summed E-state index contributed by atoms with van der Waals surface area (Å²) in [4.78, 5) is 11.5. The first-order chi connectivity index (χ1) is 8.49. The summed E-state index contributed by atoms with van der Waals surface area (Å²) in [5, 5.41) is 12.6. The van der Waals surface area contributed by atoms with Crippen molar-refractivity contribution in [1.82, 2.24) is 5.32 Å². The van der Waals surface area contributed by atoms with E-state index < -0.39 is 12.0 Å². The number of hydrogen-bond acceptors (Lipinski definition) is 2. The van der Waals surface area contributed by atoms with E-state index >= 15 is 0 Å². The second-order valence-corrected chi connectivity index (χ2v) is 5.44. The fourth-order valence-corrected chi connectivity index (χ4v) is 2.57. The van der Waals surface area contributed by atoms with Crippen LogP contribution < -0.4 is 5.32 Å². The standard InChI is InChI=1S/C15H21NO2/c1-9-6-10(2)13(11(3)7-9)14(15(17)18)16-8-12-4-5-12/h6-7,12,14,16H,4-5,8H2,1-3H3,(H,17,18). The lowest BCUT2D eigenvalue weighted by atomic mass is 9.94. The molecule has 1 aliphatic rings. The van der Waals surface area contributed by atoms with Crippen LogP contribution in [0.3, 0.4) is 0 Å². The Balaban J connectivity index is 2.26. The summed E-state index contributed by atoms with van der Waals surface area (Å²) in [6, 6.07) is 3.53. The second kappa shape index (κ2) is 5.11. The molecule has 1 atom stereocenters. The van der Waals surface area contributed by atoms with Gasteiger partial charge in [-0.25, -0.2) is 0 Å². The van der Waals surface area contributed by atoms with Crippen molar-refractivity contribution in [3.8, 4) is 0 Å². The van der Waals surface area contributed by atoms with E-state index in [0.717, 1.165) is 23.2 Å². The van der Waals surface area contributed by atoms with Crippen LogP contribution in [0, 0.1) is 26.7 Å². The van der Waals surface area contributed by atoms with Crippen LogP contribution in [0.15, 0.2) is 12.1 Å². The Morgan fingerprint density at radius 2 is 1.89 bits per heavy atom. The summed E-state index contributed by atoms with van der Waals surface area (Å²) < 4.78 is 0. The Hall–Kier alpha value is -1.35. The second-order valence-electron chi connectivity index (χ2n) is 5.44. The molecule has 3 nitrogen and oxygen atoms in total. The lowest BCUT2D eigenvalue weighted by Gasteiger charge is -2.20. The normalized spacial score (nSPS) is 16.6. The molecule has 1 aromatic carbocycles. The lowest BCUT2D eigenvalue weighted by Crippen LogP contribution is -2.31. The molecule has 0 heterocycles. The summed E-state index contributed by atoms with van der Waals surface area (Å²) in [6.45, 7) is 6.83. The number of rotatable bonds is 5. The molecular formula is C15H21NO2. The summed E-state index contributed by atoms with van der Waals surface area (Å²) in [5.41, 5.74) is 4.22. The molecule has 2 N–H and O–H groups in total. The number of benzene rings is 1. The van der Waals surface area contributed by atoms with E-state index in [0.29, 0.717) is 5.92 Å². The van der Waals surface area contributed by atoms with Gasteiger partial charge < -0.3 is 10.4 Å². The van der Waals surface area contributed by atoms with E-state index in [-0.39, 0.29) is 0 Å². The highest BCUT2D eigenvalue weighted by atomic mass is 16.4. The Kier molecular flexibility index (Phi) is 3.71. The fourth-order valence-electron chi connectivity index (χ4n) is 2.57. The summed E-state index contributed by atoms with van der Waals surface area (Å²) in [7, 11) is 0. The summed E-state index contributed by atoms with van der Waals surface area (Å²) >= 11 is 0. The van der Waals surface area contributed by atoms with Crippen molar-refractivity contribution in [1.29, 1.82) is 0 Å². The summed E-state index contributed by atoms with van der Waals surface area (Å²) in [5.74, 6) is -0.108. The quantitative estimate of drug-likeness (QED) is 0.841. The third kappa shape index (κ3) is 2.91. The molecule has 1 fully saturated rings. The molecule has 1 aromatic rings. The number of aryl methyl sites for hydroxylation is 3. The minimum atomic E-state index is -0.786. The van der Waals surface area contributed by atoms with Crippen LogP contribution in [-0.2, 0) is 4.79 Å². The van der Waals surface area contributed by atoms with Crippen molar-refractivity contribution in [2.75, 3.05) is 6.54 Å². The first-order valence-corrected chi connectivity index (χ1v) is 6.53. The third-order valence-corrected chi connectivity index (χ3v) is 3.58. The maximum Gasteiger partial charge on any atom is 0.325 e. The number of carbonyl (C=O) groups is 1. The van der Waals surface area contributed by atoms with E-state index in [1.807, 2.05) is 20.8 Å². The smallest absolute Gasteiger partial charge is 0.325 e. The van der Waals surface area contributed by atoms with Crippen LogP contribution in [0.1, 0.15) is 41.1 Å². The van der Waals surface area contributed by atoms with Gasteiger partial charge in [0.15, 0.2) is 0 Å². The molecule has 1 aliphatic carbocycles. The number of hydrogen-bond donors (Lipinski definition) is 2. The highest BCUT2D eigenvalue weighted by molar-refractivity contribution is 5.76. The van der Waals surface area contributed by atoms with Gasteiger partial charge >= 0.3 is 5.97 Å². The Morgan fingerprint density at radius 3 is 2.33 bits per heavy atom. The van der Waals surface area contributed by atoms with Crippen LogP contribution in [0.5, 0.6) is 0 Å². The first kappa shape index (κ1) is 13.1. The number of carboxylic acid groups (broad SMARTS) is 1. The average molecular weight is 247 g/mol. The number of carboxylic acids is 1. The molecule has 0 aromatic heterocycles.